The van der Waals surface area contributed by atoms with Crippen LogP contribution in [-0.4, -0.2) is 40.9 Å². The molecule has 1 amide bonds. The van der Waals surface area contributed by atoms with Crippen LogP contribution in [0.25, 0.3) is 0 Å². The van der Waals surface area contributed by atoms with Crippen LogP contribution >= 0.6 is 0 Å². The molecule has 1 saturated heterocycles. The molecule has 1 aliphatic heterocycles. The zero-order valence-corrected chi connectivity index (χ0v) is 9.28. The van der Waals surface area contributed by atoms with E-state index >= 15 is 0 Å². The molecule has 0 bridgehead atoms. The molecule has 0 aromatic carbocycles. The van der Waals surface area contributed by atoms with Crippen LogP contribution in [0.2, 0.25) is 0 Å². The highest BCUT2D eigenvalue weighted by molar-refractivity contribution is 5.90. The Hall–Kier alpha value is -1.69. The Morgan fingerprint density at radius 2 is 2.12 bits per heavy atom. The van der Waals surface area contributed by atoms with Crippen LogP contribution in [0.3, 0.4) is 0 Å². The molecule has 17 heavy (non-hydrogen) atoms. The topological polar surface area (TPSA) is 92.3 Å². The van der Waals surface area contributed by atoms with Crippen molar-refractivity contribution in [2.24, 2.45) is 23.5 Å². The molecule has 2 heterocycles. The Balaban J connectivity index is 1.69. The standard InChI is InChI=1S/C11H14N4O2/c12-11(17)9-1-2-10(14-13-9)15-3-6-7(4-15)8(6)5-16/h1-2,6-8,16H,3-5H2,(H2,12,17). The van der Waals surface area contributed by atoms with Crippen molar-refractivity contribution in [2.75, 3.05) is 24.6 Å². The van der Waals surface area contributed by atoms with E-state index in [1.807, 2.05) is 0 Å². The molecule has 2 atom stereocenters. The number of nitrogens with zero attached hydrogens (tertiary/aromatic N) is 3. The third-order valence-electron chi connectivity index (χ3n) is 3.81. The fourth-order valence-electron chi connectivity index (χ4n) is 2.73. The summed E-state index contributed by atoms with van der Waals surface area (Å²) in [6.07, 6.45) is 0. The maximum atomic E-state index is 10.9. The van der Waals surface area contributed by atoms with Crippen LogP contribution < -0.4 is 10.6 Å². The summed E-state index contributed by atoms with van der Waals surface area (Å²) in [5.74, 6) is 1.88. The molecule has 0 spiro atoms. The number of amides is 1. The fraction of sp³-hybridized carbons (Fsp3) is 0.545. The summed E-state index contributed by atoms with van der Waals surface area (Å²) >= 11 is 0. The van der Waals surface area contributed by atoms with Crippen LogP contribution in [0.1, 0.15) is 10.5 Å². The minimum atomic E-state index is -0.561. The molecular formula is C11H14N4O2. The zero-order chi connectivity index (χ0) is 12.0. The second-order valence-corrected chi connectivity index (χ2v) is 4.72. The van der Waals surface area contributed by atoms with Crippen LogP contribution in [-0.2, 0) is 0 Å². The summed E-state index contributed by atoms with van der Waals surface area (Å²) in [7, 11) is 0. The van der Waals surface area contributed by atoms with E-state index in [-0.39, 0.29) is 12.3 Å². The maximum Gasteiger partial charge on any atom is 0.269 e. The number of fused-ring (bicyclic) bond motifs is 1. The lowest BCUT2D eigenvalue weighted by atomic mass is 10.3. The largest absolute Gasteiger partial charge is 0.396 e. The monoisotopic (exact) mass is 234 g/mol. The van der Waals surface area contributed by atoms with E-state index in [1.165, 1.54) is 0 Å². The van der Waals surface area contributed by atoms with E-state index in [0.29, 0.717) is 17.8 Å². The predicted molar refractivity (Wildman–Crippen MR) is 60.3 cm³/mol. The van der Waals surface area contributed by atoms with Crippen molar-refractivity contribution in [1.82, 2.24) is 10.2 Å². The molecule has 90 valence electrons. The number of aromatic nitrogens is 2. The highest BCUT2D eigenvalue weighted by atomic mass is 16.3. The van der Waals surface area contributed by atoms with Crippen molar-refractivity contribution in [2.45, 2.75) is 0 Å². The van der Waals surface area contributed by atoms with Gasteiger partial charge < -0.3 is 15.7 Å². The minimum Gasteiger partial charge on any atom is -0.396 e. The first-order valence-corrected chi connectivity index (χ1v) is 5.70. The molecule has 3 rings (SSSR count). The SMILES string of the molecule is NC(=O)c1ccc(N2CC3C(CO)C3C2)nn1. The molecule has 3 N–H and O–H groups in total. The average Bonchev–Trinajstić information content (AvgIpc) is 2.81. The molecule has 2 fully saturated rings. The first kappa shape index (κ1) is 10.5. The lowest BCUT2D eigenvalue weighted by Gasteiger charge is -2.19. The molecule has 1 aromatic rings. The predicted octanol–water partition coefficient (Wildman–Crippen LogP) is -0.750. The maximum absolute atomic E-state index is 10.9. The zero-order valence-electron chi connectivity index (χ0n) is 9.28. The number of rotatable bonds is 3. The molecule has 0 radical (unpaired) electrons. The van der Waals surface area contributed by atoms with Gasteiger partial charge in [-0.1, -0.05) is 0 Å². The van der Waals surface area contributed by atoms with Gasteiger partial charge in [0.15, 0.2) is 11.5 Å². The van der Waals surface area contributed by atoms with Crippen molar-refractivity contribution in [3.8, 4) is 0 Å². The van der Waals surface area contributed by atoms with Gasteiger partial charge in [-0.05, 0) is 29.9 Å². The molecule has 2 unspecified atom stereocenters. The number of piperidine rings is 1. The van der Waals surface area contributed by atoms with Gasteiger partial charge in [0, 0.05) is 19.7 Å². The number of nitrogens with two attached hydrogens (primary N) is 1. The highest BCUT2D eigenvalue weighted by Crippen LogP contribution is 2.51. The summed E-state index contributed by atoms with van der Waals surface area (Å²) < 4.78 is 0. The van der Waals surface area contributed by atoms with Crippen LogP contribution in [0.5, 0.6) is 0 Å². The smallest absolute Gasteiger partial charge is 0.269 e. The van der Waals surface area contributed by atoms with Crippen molar-refractivity contribution in [1.29, 1.82) is 0 Å². The quantitative estimate of drug-likeness (QED) is 0.718. The Morgan fingerprint density at radius 1 is 1.41 bits per heavy atom. The minimum absolute atomic E-state index is 0.186. The summed E-state index contributed by atoms with van der Waals surface area (Å²) in [5.41, 5.74) is 5.29. The van der Waals surface area contributed by atoms with Crippen molar-refractivity contribution in [3.63, 3.8) is 0 Å². The number of hydrogen-bond acceptors (Lipinski definition) is 5. The molecule has 1 aromatic heterocycles. The van der Waals surface area contributed by atoms with E-state index in [2.05, 4.69) is 15.1 Å². The van der Waals surface area contributed by atoms with E-state index < -0.39 is 5.91 Å². The number of hydrogen-bond donors (Lipinski definition) is 2. The van der Waals surface area contributed by atoms with Gasteiger partial charge >= 0.3 is 0 Å². The molecule has 6 nitrogen and oxygen atoms in total. The second kappa shape index (κ2) is 3.66. The first-order chi connectivity index (χ1) is 8.20. The molecule has 6 heteroatoms. The van der Waals surface area contributed by atoms with E-state index in [9.17, 15) is 4.79 Å². The third kappa shape index (κ3) is 1.64. The number of carbonyl (C=O) groups is 1. The number of primary amides is 1. The first-order valence-electron chi connectivity index (χ1n) is 5.70. The summed E-state index contributed by atoms with van der Waals surface area (Å²) in [6, 6.07) is 3.37. The van der Waals surface area contributed by atoms with Gasteiger partial charge in [-0.3, -0.25) is 4.79 Å². The highest BCUT2D eigenvalue weighted by Gasteiger charge is 2.55. The van der Waals surface area contributed by atoms with Gasteiger partial charge in [0.2, 0.25) is 0 Å². The molecule has 2 aliphatic rings. The van der Waals surface area contributed by atoms with Gasteiger partial charge in [-0.25, -0.2) is 0 Å². The van der Waals surface area contributed by atoms with Crippen LogP contribution in [0.4, 0.5) is 5.82 Å². The van der Waals surface area contributed by atoms with E-state index in [0.717, 1.165) is 18.9 Å². The lowest BCUT2D eigenvalue weighted by molar-refractivity contribution is 0.0994. The van der Waals surface area contributed by atoms with Gasteiger partial charge in [-0.15, -0.1) is 10.2 Å². The van der Waals surface area contributed by atoms with Gasteiger partial charge in [0.1, 0.15) is 0 Å². The number of anilines is 1. The number of aliphatic hydroxyl groups is 1. The van der Waals surface area contributed by atoms with Gasteiger partial charge in [0.25, 0.3) is 5.91 Å². The second-order valence-electron chi connectivity index (χ2n) is 4.72. The van der Waals surface area contributed by atoms with Crippen LogP contribution in [0.15, 0.2) is 12.1 Å². The lowest BCUT2D eigenvalue weighted by Crippen LogP contribution is -2.26. The Labute approximate surface area is 98.4 Å². The third-order valence-corrected chi connectivity index (χ3v) is 3.81. The normalized spacial score (nSPS) is 30.2. The van der Waals surface area contributed by atoms with Gasteiger partial charge in [-0.2, -0.15) is 0 Å². The Morgan fingerprint density at radius 3 is 2.59 bits per heavy atom. The number of carbonyl (C=O) groups excluding carboxylic acids is 1. The van der Waals surface area contributed by atoms with Crippen molar-refractivity contribution in [3.05, 3.63) is 17.8 Å². The number of aliphatic hydroxyl groups excluding tert-OH is 1. The molecule has 1 saturated carbocycles. The average molecular weight is 234 g/mol. The Kier molecular flexibility index (Phi) is 2.25. The summed E-state index contributed by atoms with van der Waals surface area (Å²) in [6.45, 7) is 2.12. The molecular weight excluding hydrogens is 220 g/mol. The Bertz CT molecular complexity index is 435. The van der Waals surface area contributed by atoms with E-state index in [4.69, 9.17) is 10.8 Å². The van der Waals surface area contributed by atoms with Crippen LogP contribution in [0, 0.1) is 17.8 Å². The van der Waals surface area contributed by atoms with Gasteiger partial charge in [0.05, 0.1) is 0 Å². The molecule has 1 aliphatic carbocycles. The van der Waals surface area contributed by atoms with Crippen molar-refractivity contribution < 1.29 is 9.90 Å². The summed E-state index contributed by atoms with van der Waals surface area (Å²) in [4.78, 5) is 13.0. The van der Waals surface area contributed by atoms with E-state index in [1.54, 1.807) is 12.1 Å². The van der Waals surface area contributed by atoms with Crippen molar-refractivity contribution >= 4 is 11.7 Å². The summed E-state index contributed by atoms with van der Waals surface area (Å²) in [5, 5.41) is 16.9. The fourth-order valence-corrected chi connectivity index (χ4v) is 2.73.